The van der Waals surface area contributed by atoms with Crippen LogP contribution in [0.25, 0.3) is 0 Å². The predicted molar refractivity (Wildman–Crippen MR) is 66.6 cm³/mol. The topological polar surface area (TPSA) is 17.1 Å². The van der Waals surface area contributed by atoms with Gasteiger partial charge in [0.25, 0.3) is 0 Å². The highest BCUT2D eigenvalue weighted by molar-refractivity contribution is 14.1. The number of carbonyl (C=O) groups is 1. The third-order valence-corrected chi connectivity index (χ3v) is 3.09. The number of carbonyl (C=O) groups excluding carboxylic acids is 1. The number of benzene rings is 1. The number of aryl methyl sites for hydroxylation is 1. The van der Waals surface area contributed by atoms with E-state index in [0.29, 0.717) is 3.26 Å². The fourth-order valence-electron chi connectivity index (χ4n) is 0.905. The van der Waals surface area contributed by atoms with Crippen molar-refractivity contribution in [3.05, 3.63) is 35.4 Å². The van der Waals surface area contributed by atoms with Gasteiger partial charge in [0.2, 0.25) is 5.12 Å². The lowest BCUT2D eigenvalue weighted by molar-refractivity contribution is 0.108. The molecule has 0 saturated heterocycles. The van der Waals surface area contributed by atoms with Gasteiger partial charge in [-0.05, 0) is 13.8 Å². The molecule has 1 unspecified atom stereocenters. The third-order valence-electron chi connectivity index (χ3n) is 1.56. The first kappa shape index (κ1) is 11.0. The molecular weight excluding hydrogens is 295 g/mol. The summed E-state index contributed by atoms with van der Waals surface area (Å²) in [6, 6.07) is 7.69. The Kier molecular flexibility index (Phi) is 4.25. The summed E-state index contributed by atoms with van der Waals surface area (Å²) in [5.41, 5.74) is 1.98. The predicted octanol–water partition coefficient (Wildman–Crippen LogP) is 3.65. The molecule has 0 aromatic heterocycles. The van der Waals surface area contributed by atoms with Gasteiger partial charge in [0, 0.05) is 5.56 Å². The summed E-state index contributed by atoms with van der Waals surface area (Å²) in [5.74, 6) is 0. The van der Waals surface area contributed by atoms with Crippen molar-refractivity contribution in [3.63, 3.8) is 0 Å². The van der Waals surface area contributed by atoms with Gasteiger partial charge in [-0.1, -0.05) is 64.2 Å². The first-order valence-electron chi connectivity index (χ1n) is 4.01. The van der Waals surface area contributed by atoms with Crippen LogP contribution < -0.4 is 0 Å². The van der Waals surface area contributed by atoms with Crippen molar-refractivity contribution in [1.29, 1.82) is 0 Å². The van der Waals surface area contributed by atoms with Gasteiger partial charge < -0.3 is 0 Å². The van der Waals surface area contributed by atoms with Gasteiger partial charge >= 0.3 is 0 Å². The molecule has 0 heterocycles. The summed E-state index contributed by atoms with van der Waals surface area (Å²) in [4.78, 5) is 11.5. The molecule has 70 valence electrons. The second kappa shape index (κ2) is 5.00. The van der Waals surface area contributed by atoms with Gasteiger partial charge in [-0.3, -0.25) is 4.79 Å². The Morgan fingerprint density at radius 2 is 1.92 bits per heavy atom. The molecule has 1 nitrogen and oxygen atoms in total. The summed E-state index contributed by atoms with van der Waals surface area (Å²) < 4.78 is 0.325. The van der Waals surface area contributed by atoms with Crippen molar-refractivity contribution < 1.29 is 4.79 Å². The summed E-state index contributed by atoms with van der Waals surface area (Å²) in [6.07, 6.45) is 0. The van der Waals surface area contributed by atoms with Crippen molar-refractivity contribution >= 4 is 39.5 Å². The SMILES string of the molecule is Cc1ccc(C(=O)SC(C)I)cc1. The van der Waals surface area contributed by atoms with Crippen molar-refractivity contribution in [2.24, 2.45) is 0 Å². The molecule has 1 rings (SSSR count). The van der Waals surface area contributed by atoms with Gasteiger partial charge in [-0.25, -0.2) is 0 Å². The molecule has 0 amide bonds. The largest absolute Gasteiger partial charge is 0.282 e. The molecule has 0 aliphatic rings. The number of alkyl halides is 1. The Bertz CT molecular complexity index is 292. The van der Waals surface area contributed by atoms with Crippen LogP contribution in [-0.4, -0.2) is 8.37 Å². The number of halogens is 1. The molecule has 0 saturated carbocycles. The van der Waals surface area contributed by atoms with Crippen molar-refractivity contribution in [1.82, 2.24) is 0 Å². The van der Waals surface area contributed by atoms with Crippen LogP contribution in [0.5, 0.6) is 0 Å². The van der Waals surface area contributed by atoms with Crippen LogP contribution in [0.15, 0.2) is 24.3 Å². The van der Waals surface area contributed by atoms with Crippen LogP contribution in [-0.2, 0) is 0 Å². The van der Waals surface area contributed by atoms with Crippen LogP contribution in [0.2, 0.25) is 0 Å². The van der Waals surface area contributed by atoms with E-state index in [-0.39, 0.29) is 5.12 Å². The Morgan fingerprint density at radius 3 is 2.38 bits per heavy atom. The fraction of sp³-hybridized carbons (Fsp3) is 0.300. The van der Waals surface area contributed by atoms with Crippen molar-refractivity contribution in [2.75, 3.05) is 0 Å². The summed E-state index contributed by atoms with van der Waals surface area (Å²) in [5, 5.41) is 0.155. The molecule has 1 atom stereocenters. The maximum absolute atomic E-state index is 11.5. The molecule has 13 heavy (non-hydrogen) atoms. The van der Waals surface area contributed by atoms with E-state index in [4.69, 9.17) is 0 Å². The molecule has 0 fully saturated rings. The molecule has 1 aromatic carbocycles. The zero-order valence-electron chi connectivity index (χ0n) is 7.58. The summed E-state index contributed by atoms with van der Waals surface area (Å²) in [6.45, 7) is 4.03. The van der Waals surface area contributed by atoms with E-state index in [1.165, 1.54) is 17.3 Å². The molecular formula is C10H11IOS. The van der Waals surface area contributed by atoms with Crippen LogP contribution in [0.4, 0.5) is 0 Å². The average molecular weight is 306 g/mol. The van der Waals surface area contributed by atoms with E-state index in [1.807, 2.05) is 38.1 Å². The number of hydrogen-bond acceptors (Lipinski definition) is 2. The second-order valence-corrected chi connectivity index (χ2v) is 6.84. The van der Waals surface area contributed by atoms with Gasteiger partial charge in [0.1, 0.15) is 0 Å². The van der Waals surface area contributed by atoms with Crippen LogP contribution in [0, 0.1) is 6.92 Å². The lowest BCUT2D eigenvalue weighted by Gasteiger charge is -2.02. The molecule has 0 radical (unpaired) electrons. The molecule has 0 N–H and O–H groups in total. The van der Waals surface area contributed by atoms with E-state index in [1.54, 1.807) is 0 Å². The standard InChI is InChI=1S/C10H11IOS/c1-7-3-5-9(6-4-7)10(12)13-8(2)11/h3-6,8H,1-2H3. The normalized spacial score (nSPS) is 12.5. The third kappa shape index (κ3) is 3.68. The van der Waals surface area contributed by atoms with Crippen LogP contribution in [0.1, 0.15) is 22.8 Å². The molecule has 0 bridgehead atoms. The highest BCUT2D eigenvalue weighted by atomic mass is 127. The molecule has 3 heteroatoms. The molecule has 1 aromatic rings. The zero-order valence-corrected chi connectivity index (χ0v) is 10.6. The number of thioether (sulfide) groups is 1. The first-order chi connectivity index (χ1) is 6.09. The van der Waals surface area contributed by atoms with Gasteiger partial charge in [-0.15, -0.1) is 0 Å². The van der Waals surface area contributed by atoms with Gasteiger partial charge in [0.05, 0.1) is 3.26 Å². The minimum atomic E-state index is 0.155. The maximum Gasteiger partial charge on any atom is 0.220 e. The Balaban J connectivity index is 2.72. The number of rotatable bonds is 2. The summed E-state index contributed by atoms with van der Waals surface area (Å²) in [7, 11) is 0. The Hall–Kier alpha value is -0.0300. The van der Waals surface area contributed by atoms with Gasteiger partial charge in [0.15, 0.2) is 0 Å². The Labute approximate surface area is 96.4 Å². The fourth-order valence-corrected chi connectivity index (χ4v) is 2.17. The second-order valence-electron chi connectivity index (χ2n) is 2.81. The van der Waals surface area contributed by atoms with Crippen molar-refractivity contribution in [3.8, 4) is 0 Å². The highest BCUT2D eigenvalue weighted by Gasteiger charge is 2.08. The quantitative estimate of drug-likeness (QED) is 0.613. The van der Waals surface area contributed by atoms with E-state index in [9.17, 15) is 4.79 Å². The lowest BCUT2D eigenvalue weighted by Crippen LogP contribution is -1.96. The molecule has 0 aliphatic heterocycles. The minimum absolute atomic E-state index is 0.155. The monoisotopic (exact) mass is 306 g/mol. The van der Waals surface area contributed by atoms with Crippen LogP contribution in [0.3, 0.4) is 0 Å². The van der Waals surface area contributed by atoms with E-state index in [2.05, 4.69) is 22.6 Å². The van der Waals surface area contributed by atoms with Gasteiger partial charge in [-0.2, -0.15) is 0 Å². The zero-order chi connectivity index (χ0) is 9.84. The summed E-state index contributed by atoms with van der Waals surface area (Å²) >= 11 is 3.59. The average Bonchev–Trinajstić information content (AvgIpc) is 2.04. The number of hydrogen-bond donors (Lipinski definition) is 0. The van der Waals surface area contributed by atoms with E-state index >= 15 is 0 Å². The van der Waals surface area contributed by atoms with Crippen LogP contribution >= 0.6 is 34.4 Å². The molecule has 0 spiro atoms. The van der Waals surface area contributed by atoms with E-state index in [0.717, 1.165) is 5.56 Å². The minimum Gasteiger partial charge on any atom is -0.282 e. The molecule has 0 aliphatic carbocycles. The Morgan fingerprint density at radius 1 is 1.38 bits per heavy atom. The smallest absolute Gasteiger partial charge is 0.220 e. The lowest BCUT2D eigenvalue weighted by atomic mass is 10.2. The van der Waals surface area contributed by atoms with Crippen molar-refractivity contribution in [2.45, 2.75) is 17.1 Å². The van der Waals surface area contributed by atoms with E-state index < -0.39 is 0 Å². The highest BCUT2D eigenvalue weighted by Crippen LogP contribution is 2.22. The maximum atomic E-state index is 11.5. The first-order valence-corrected chi connectivity index (χ1v) is 6.14.